The number of anilines is 1. The molecule has 0 spiro atoms. The lowest BCUT2D eigenvalue weighted by Gasteiger charge is -1.91. The van der Waals surface area contributed by atoms with Crippen molar-refractivity contribution < 1.29 is 4.79 Å². The zero-order valence-corrected chi connectivity index (χ0v) is 6.10. The minimum absolute atomic E-state index is 0.201. The molecule has 5 nitrogen and oxygen atoms in total. The lowest BCUT2D eigenvalue weighted by molar-refractivity contribution is 0.0996. The number of aromatic nitrogens is 2. The number of nitrogens with one attached hydrogen (secondary N) is 1. The molecule has 0 bridgehead atoms. The lowest BCUT2D eigenvalue weighted by atomic mass is 10.4. The number of hydrogen-bond donors (Lipinski definition) is 2. The highest BCUT2D eigenvalue weighted by atomic mass is 32.1. The molecule has 1 amide bonds. The van der Waals surface area contributed by atoms with E-state index in [1.54, 1.807) is 7.05 Å². The molecule has 54 valence electrons. The molecule has 0 radical (unpaired) electrons. The van der Waals surface area contributed by atoms with E-state index in [0.717, 1.165) is 11.5 Å². The molecule has 0 aliphatic rings. The predicted molar refractivity (Wildman–Crippen MR) is 38.0 cm³/mol. The number of nitrogens with zero attached hydrogens (tertiary/aromatic N) is 2. The molecule has 0 atom stereocenters. The second kappa shape index (κ2) is 2.61. The Hall–Kier alpha value is -1.17. The molecule has 0 saturated carbocycles. The standard InChI is InChI=1S/C4H6N4OS/c1-6-4-2(3(5)9)7-8-10-4/h6H,1H3,(H2,5,9). The topological polar surface area (TPSA) is 80.9 Å². The van der Waals surface area contributed by atoms with Crippen molar-refractivity contribution in [2.45, 2.75) is 0 Å². The highest BCUT2D eigenvalue weighted by molar-refractivity contribution is 7.10. The molecular formula is C4H6N4OS. The third-order valence-corrected chi connectivity index (χ3v) is 1.69. The fraction of sp³-hybridized carbons (Fsp3) is 0.250. The van der Waals surface area contributed by atoms with E-state index in [0.29, 0.717) is 5.00 Å². The van der Waals surface area contributed by atoms with Crippen molar-refractivity contribution in [1.82, 2.24) is 9.59 Å². The Bertz CT molecular complexity index is 245. The van der Waals surface area contributed by atoms with E-state index in [1.165, 1.54) is 0 Å². The SMILES string of the molecule is CNc1snnc1C(N)=O. The molecule has 0 aliphatic heterocycles. The number of primary amides is 1. The van der Waals surface area contributed by atoms with Gasteiger partial charge < -0.3 is 11.1 Å². The Morgan fingerprint density at radius 2 is 2.50 bits per heavy atom. The number of carbonyl (C=O) groups is 1. The first-order chi connectivity index (χ1) is 4.75. The van der Waals surface area contributed by atoms with Crippen LogP contribution >= 0.6 is 11.5 Å². The van der Waals surface area contributed by atoms with E-state index < -0.39 is 5.91 Å². The van der Waals surface area contributed by atoms with Crippen LogP contribution in [0.15, 0.2) is 0 Å². The average Bonchev–Trinajstić information content (AvgIpc) is 2.33. The normalized spacial score (nSPS) is 9.30. The Morgan fingerprint density at radius 1 is 1.80 bits per heavy atom. The van der Waals surface area contributed by atoms with Gasteiger partial charge >= 0.3 is 0 Å². The Labute approximate surface area is 61.4 Å². The third kappa shape index (κ3) is 1.06. The van der Waals surface area contributed by atoms with E-state index in [4.69, 9.17) is 5.73 Å². The van der Waals surface area contributed by atoms with E-state index in [1.807, 2.05) is 0 Å². The van der Waals surface area contributed by atoms with Crippen LogP contribution in [0.5, 0.6) is 0 Å². The second-order valence-electron chi connectivity index (χ2n) is 1.56. The zero-order chi connectivity index (χ0) is 7.56. The van der Waals surface area contributed by atoms with E-state index in [2.05, 4.69) is 14.9 Å². The Morgan fingerprint density at radius 3 is 2.90 bits per heavy atom. The first kappa shape index (κ1) is 6.94. The van der Waals surface area contributed by atoms with Gasteiger partial charge in [0, 0.05) is 18.6 Å². The average molecular weight is 158 g/mol. The summed E-state index contributed by atoms with van der Waals surface area (Å²) in [5.41, 5.74) is 5.16. The summed E-state index contributed by atoms with van der Waals surface area (Å²) in [4.78, 5) is 10.5. The molecule has 1 heterocycles. The highest BCUT2D eigenvalue weighted by Gasteiger charge is 2.10. The van der Waals surface area contributed by atoms with Crippen molar-refractivity contribution in [3.8, 4) is 0 Å². The minimum atomic E-state index is -0.557. The molecule has 0 saturated heterocycles. The van der Waals surface area contributed by atoms with E-state index >= 15 is 0 Å². The second-order valence-corrected chi connectivity index (χ2v) is 2.32. The number of hydrogen-bond acceptors (Lipinski definition) is 5. The fourth-order valence-electron chi connectivity index (χ4n) is 0.516. The van der Waals surface area contributed by atoms with Crippen molar-refractivity contribution in [1.29, 1.82) is 0 Å². The van der Waals surface area contributed by atoms with Crippen LogP contribution in [0, 0.1) is 0 Å². The molecule has 0 aliphatic carbocycles. The summed E-state index contributed by atoms with van der Waals surface area (Å²) in [7, 11) is 1.68. The molecule has 1 aromatic heterocycles. The molecule has 10 heavy (non-hydrogen) atoms. The van der Waals surface area contributed by atoms with Gasteiger partial charge in [-0.25, -0.2) is 0 Å². The largest absolute Gasteiger partial charge is 0.377 e. The summed E-state index contributed by atoms with van der Waals surface area (Å²) in [6.45, 7) is 0. The summed E-state index contributed by atoms with van der Waals surface area (Å²) in [5.74, 6) is -0.557. The van der Waals surface area contributed by atoms with Crippen LogP contribution in [0.4, 0.5) is 5.00 Å². The number of carbonyl (C=O) groups excluding carboxylic acids is 1. The van der Waals surface area contributed by atoms with Gasteiger partial charge in [-0.3, -0.25) is 4.79 Å². The van der Waals surface area contributed by atoms with Crippen molar-refractivity contribution in [2.75, 3.05) is 12.4 Å². The van der Waals surface area contributed by atoms with Gasteiger partial charge in [-0.15, -0.1) is 5.10 Å². The van der Waals surface area contributed by atoms with Gasteiger partial charge in [-0.1, -0.05) is 4.49 Å². The summed E-state index contributed by atoms with van der Waals surface area (Å²) in [5, 5.41) is 6.87. The summed E-state index contributed by atoms with van der Waals surface area (Å²) < 4.78 is 3.54. The first-order valence-electron chi connectivity index (χ1n) is 2.55. The van der Waals surface area contributed by atoms with Gasteiger partial charge in [-0.2, -0.15) is 0 Å². The molecule has 1 rings (SSSR count). The zero-order valence-electron chi connectivity index (χ0n) is 5.29. The molecule has 6 heteroatoms. The minimum Gasteiger partial charge on any atom is -0.377 e. The molecule has 0 unspecified atom stereocenters. The van der Waals surface area contributed by atoms with Gasteiger partial charge in [0.05, 0.1) is 0 Å². The van der Waals surface area contributed by atoms with Crippen LogP contribution in [0.3, 0.4) is 0 Å². The summed E-state index contributed by atoms with van der Waals surface area (Å²) in [6, 6.07) is 0. The number of nitrogens with two attached hydrogens (primary N) is 1. The number of rotatable bonds is 2. The van der Waals surface area contributed by atoms with E-state index in [-0.39, 0.29) is 5.69 Å². The van der Waals surface area contributed by atoms with Crippen molar-refractivity contribution >= 4 is 22.4 Å². The maximum absolute atomic E-state index is 10.5. The maximum Gasteiger partial charge on any atom is 0.272 e. The Balaban J connectivity index is 3.01. The van der Waals surface area contributed by atoms with Crippen molar-refractivity contribution in [3.05, 3.63) is 5.69 Å². The third-order valence-electron chi connectivity index (χ3n) is 0.948. The molecule has 1 aromatic rings. The van der Waals surface area contributed by atoms with Gasteiger partial charge in [-0.05, 0) is 0 Å². The van der Waals surface area contributed by atoms with Crippen LogP contribution < -0.4 is 11.1 Å². The first-order valence-corrected chi connectivity index (χ1v) is 3.33. The van der Waals surface area contributed by atoms with Crippen LogP contribution in [0.25, 0.3) is 0 Å². The predicted octanol–water partition coefficient (Wildman–Crippen LogP) is -0.321. The molecule has 0 fully saturated rings. The van der Waals surface area contributed by atoms with Crippen molar-refractivity contribution in [2.24, 2.45) is 5.73 Å². The summed E-state index contributed by atoms with van der Waals surface area (Å²) in [6.07, 6.45) is 0. The highest BCUT2D eigenvalue weighted by Crippen LogP contribution is 2.14. The van der Waals surface area contributed by atoms with Gasteiger partial charge in [0.25, 0.3) is 5.91 Å². The van der Waals surface area contributed by atoms with Gasteiger partial charge in [0.2, 0.25) is 0 Å². The lowest BCUT2D eigenvalue weighted by Crippen LogP contribution is -2.13. The molecule has 0 aromatic carbocycles. The number of amides is 1. The van der Waals surface area contributed by atoms with Crippen molar-refractivity contribution in [3.63, 3.8) is 0 Å². The monoisotopic (exact) mass is 158 g/mol. The van der Waals surface area contributed by atoms with Gasteiger partial charge in [0.15, 0.2) is 5.69 Å². The van der Waals surface area contributed by atoms with E-state index in [9.17, 15) is 4.79 Å². The van der Waals surface area contributed by atoms with Crippen LogP contribution in [-0.4, -0.2) is 22.5 Å². The Kier molecular flexibility index (Phi) is 1.81. The maximum atomic E-state index is 10.5. The van der Waals surface area contributed by atoms with Gasteiger partial charge in [0.1, 0.15) is 5.00 Å². The van der Waals surface area contributed by atoms with Crippen LogP contribution in [0.1, 0.15) is 10.5 Å². The molecular weight excluding hydrogens is 152 g/mol. The van der Waals surface area contributed by atoms with Crippen LogP contribution in [0.2, 0.25) is 0 Å². The summed E-state index contributed by atoms with van der Waals surface area (Å²) >= 11 is 1.10. The molecule has 3 N–H and O–H groups in total. The van der Waals surface area contributed by atoms with Crippen LogP contribution in [-0.2, 0) is 0 Å². The quantitative estimate of drug-likeness (QED) is 0.618. The fourth-order valence-corrected chi connectivity index (χ4v) is 1.04. The smallest absolute Gasteiger partial charge is 0.272 e.